The minimum absolute atomic E-state index is 0.263. The lowest BCUT2D eigenvalue weighted by molar-refractivity contribution is -0.138. The molecule has 0 saturated carbocycles. The van der Waals surface area contributed by atoms with Gasteiger partial charge in [-0.25, -0.2) is 4.79 Å². The Bertz CT molecular complexity index is 751. The molecule has 1 N–H and O–H groups in total. The highest BCUT2D eigenvalue weighted by Gasteiger charge is 2.24. The lowest BCUT2D eigenvalue weighted by Crippen LogP contribution is -2.15. The first-order valence-electron chi connectivity index (χ1n) is 7.62. The molecule has 6 heteroatoms. The molecular formula is C19H20O6. The molecule has 0 amide bonds. The fourth-order valence-electron chi connectivity index (χ4n) is 2.57. The topological polar surface area (TPSA) is 82.1 Å². The van der Waals surface area contributed by atoms with Gasteiger partial charge in [0.05, 0.1) is 32.8 Å². The fourth-order valence-corrected chi connectivity index (χ4v) is 2.57. The molecule has 1 atom stereocenters. The summed E-state index contributed by atoms with van der Waals surface area (Å²) in [7, 11) is 4.33. The van der Waals surface area contributed by atoms with Crippen molar-refractivity contribution in [2.75, 3.05) is 21.3 Å². The highest BCUT2D eigenvalue weighted by atomic mass is 16.5. The second-order valence-electron chi connectivity index (χ2n) is 5.39. The zero-order chi connectivity index (χ0) is 18.4. The number of carbonyl (C=O) groups is 2. The van der Waals surface area contributed by atoms with E-state index in [0.29, 0.717) is 22.6 Å². The second-order valence-corrected chi connectivity index (χ2v) is 5.39. The molecule has 0 spiro atoms. The second kappa shape index (κ2) is 8.19. The van der Waals surface area contributed by atoms with Crippen LogP contribution in [0.3, 0.4) is 0 Å². The van der Waals surface area contributed by atoms with Crippen LogP contribution in [0.15, 0.2) is 42.5 Å². The maximum Gasteiger partial charge on any atom is 0.337 e. The quantitative estimate of drug-likeness (QED) is 0.778. The molecule has 0 saturated heterocycles. The molecule has 0 fully saturated rings. The van der Waals surface area contributed by atoms with Crippen LogP contribution in [0.2, 0.25) is 0 Å². The van der Waals surface area contributed by atoms with E-state index in [4.69, 9.17) is 9.47 Å². The van der Waals surface area contributed by atoms with Gasteiger partial charge in [-0.05, 0) is 30.2 Å². The maximum absolute atomic E-state index is 11.8. The summed E-state index contributed by atoms with van der Waals surface area (Å²) >= 11 is 0. The van der Waals surface area contributed by atoms with Gasteiger partial charge >= 0.3 is 11.9 Å². The van der Waals surface area contributed by atoms with E-state index in [9.17, 15) is 14.7 Å². The van der Waals surface area contributed by atoms with Gasteiger partial charge in [0.25, 0.3) is 0 Å². The zero-order valence-corrected chi connectivity index (χ0v) is 14.3. The number of hydrogen-bond donors (Lipinski definition) is 1. The van der Waals surface area contributed by atoms with Crippen molar-refractivity contribution in [1.29, 1.82) is 0 Å². The highest BCUT2D eigenvalue weighted by Crippen LogP contribution is 2.33. The number of carboxylic acids is 1. The Hall–Kier alpha value is -3.02. The van der Waals surface area contributed by atoms with E-state index in [-0.39, 0.29) is 6.42 Å². The summed E-state index contributed by atoms with van der Waals surface area (Å²) in [6.45, 7) is 0. The summed E-state index contributed by atoms with van der Waals surface area (Å²) in [6, 6.07) is 11.7. The van der Waals surface area contributed by atoms with Crippen molar-refractivity contribution in [3.63, 3.8) is 0 Å². The summed E-state index contributed by atoms with van der Waals surface area (Å²) in [4.78, 5) is 23.3. The van der Waals surface area contributed by atoms with Crippen molar-refractivity contribution in [3.05, 3.63) is 59.2 Å². The molecule has 0 aliphatic carbocycles. The van der Waals surface area contributed by atoms with Crippen LogP contribution in [0.5, 0.6) is 11.5 Å². The third-order valence-electron chi connectivity index (χ3n) is 3.93. The Balaban J connectivity index is 2.30. The number of hydrogen-bond acceptors (Lipinski definition) is 5. The Morgan fingerprint density at radius 3 is 2.20 bits per heavy atom. The van der Waals surface area contributed by atoms with Crippen LogP contribution in [0.4, 0.5) is 0 Å². The molecule has 0 radical (unpaired) electrons. The van der Waals surface area contributed by atoms with Crippen LogP contribution in [0.1, 0.15) is 27.4 Å². The predicted molar refractivity (Wildman–Crippen MR) is 91.4 cm³/mol. The number of ether oxygens (including phenoxy) is 3. The van der Waals surface area contributed by atoms with Gasteiger partial charge in [0.2, 0.25) is 0 Å². The molecule has 2 aromatic rings. The first-order valence-corrected chi connectivity index (χ1v) is 7.62. The molecule has 0 aliphatic rings. The lowest BCUT2D eigenvalue weighted by Gasteiger charge is -2.17. The Morgan fingerprint density at radius 1 is 1.00 bits per heavy atom. The van der Waals surface area contributed by atoms with E-state index < -0.39 is 17.9 Å². The molecule has 0 heterocycles. The summed E-state index contributed by atoms with van der Waals surface area (Å²) in [5, 5.41) is 9.65. The summed E-state index contributed by atoms with van der Waals surface area (Å²) in [5.74, 6) is -1.13. The lowest BCUT2D eigenvalue weighted by atomic mass is 9.91. The fraction of sp³-hybridized carbons (Fsp3) is 0.263. The standard InChI is InChI=1S/C19H20O6/c1-23-14-8-9-15(17(11-14)24-2)16(18(20)21)10-12-4-6-13(7-5-12)19(22)25-3/h4-9,11,16H,10H2,1-3H3,(H,20,21). The predicted octanol–water partition coefficient (Wildman–Crippen LogP) is 2.90. The molecule has 0 aliphatic heterocycles. The highest BCUT2D eigenvalue weighted by molar-refractivity contribution is 5.89. The number of benzene rings is 2. The molecule has 0 aromatic heterocycles. The SMILES string of the molecule is COC(=O)c1ccc(CC(C(=O)O)c2ccc(OC)cc2OC)cc1. The number of methoxy groups -OCH3 is 3. The van der Waals surface area contributed by atoms with Crippen molar-refractivity contribution in [2.45, 2.75) is 12.3 Å². The Labute approximate surface area is 146 Å². The Kier molecular flexibility index (Phi) is 6.00. The molecule has 2 rings (SSSR count). The molecular weight excluding hydrogens is 324 g/mol. The Morgan fingerprint density at radius 2 is 1.68 bits per heavy atom. The number of carbonyl (C=O) groups excluding carboxylic acids is 1. The van der Waals surface area contributed by atoms with E-state index >= 15 is 0 Å². The number of esters is 1. The van der Waals surface area contributed by atoms with Crippen LogP contribution in [0, 0.1) is 0 Å². The van der Waals surface area contributed by atoms with E-state index in [2.05, 4.69) is 4.74 Å². The van der Waals surface area contributed by atoms with E-state index in [1.807, 2.05) is 0 Å². The van der Waals surface area contributed by atoms with Gasteiger partial charge in [0, 0.05) is 11.6 Å². The van der Waals surface area contributed by atoms with Crippen LogP contribution >= 0.6 is 0 Å². The third-order valence-corrected chi connectivity index (χ3v) is 3.93. The maximum atomic E-state index is 11.8. The minimum Gasteiger partial charge on any atom is -0.497 e. The largest absolute Gasteiger partial charge is 0.497 e. The average Bonchev–Trinajstić information content (AvgIpc) is 2.65. The number of aliphatic carboxylic acids is 1. The summed E-state index contributed by atoms with van der Waals surface area (Å²) < 4.78 is 15.1. The number of rotatable bonds is 7. The molecule has 0 bridgehead atoms. The van der Waals surface area contributed by atoms with Crippen LogP contribution in [-0.4, -0.2) is 38.4 Å². The van der Waals surface area contributed by atoms with Crippen LogP contribution in [0.25, 0.3) is 0 Å². The monoisotopic (exact) mass is 344 g/mol. The van der Waals surface area contributed by atoms with Crippen molar-refractivity contribution in [1.82, 2.24) is 0 Å². The molecule has 6 nitrogen and oxygen atoms in total. The van der Waals surface area contributed by atoms with Gasteiger partial charge in [0.15, 0.2) is 0 Å². The molecule has 132 valence electrons. The number of carboxylic acid groups (broad SMARTS) is 1. The minimum atomic E-state index is -0.958. The third kappa shape index (κ3) is 4.29. The van der Waals surface area contributed by atoms with Crippen molar-refractivity contribution in [2.24, 2.45) is 0 Å². The first-order chi connectivity index (χ1) is 12.0. The summed E-state index contributed by atoms with van der Waals surface area (Å²) in [6.07, 6.45) is 0.263. The van der Waals surface area contributed by atoms with Gasteiger partial charge in [0.1, 0.15) is 11.5 Å². The van der Waals surface area contributed by atoms with Gasteiger partial charge in [-0.3, -0.25) is 4.79 Å². The van der Waals surface area contributed by atoms with Crippen LogP contribution in [-0.2, 0) is 16.0 Å². The van der Waals surface area contributed by atoms with E-state index in [1.54, 1.807) is 42.5 Å². The molecule has 1 unspecified atom stereocenters. The van der Waals surface area contributed by atoms with Crippen molar-refractivity contribution in [3.8, 4) is 11.5 Å². The molecule has 25 heavy (non-hydrogen) atoms. The van der Waals surface area contributed by atoms with E-state index in [0.717, 1.165) is 5.56 Å². The smallest absolute Gasteiger partial charge is 0.337 e. The zero-order valence-electron chi connectivity index (χ0n) is 14.3. The summed E-state index contributed by atoms with van der Waals surface area (Å²) in [5.41, 5.74) is 1.77. The first kappa shape index (κ1) is 18.3. The van der Waals surface area contributed by atoms with Gasteiger partial charge < -0.3 is 19.3 Å². The van der Waals surface area contributed by atoms with Gasteiger partial charge in [-0.1, -0.05) is 18.2 Å². The molecule has 2 aromatic carbocycles. The van der Waals surface area contributed by atoms with Gasteiger partial charge in [-0.15, -0.1) is 0 Å². The average molecular weight is 344 g/mol. The normalized spacial score (nSPS) is 11.5. The van der Waals surface area contributed by atoms with E-state index in [1.165, 1.54) is 21.3 Å². The van der Waals surface area contributed by atoms with Crippen LogP contribution < -0.4 is 9.47 Å². The van der Waals surface area contributed by atoms with Gasteiger partial charge in [-0.2, -0.15) is 0 Å². The van der Waals surface area contributed by atoms with Crippen molar-refractivity contribution < 1.29 is 28.9 Å². The van der Waals surface area contributed by atoms with Crippen molar-refractivity contribution >= 4 is 11.9 Å².